The summed E-state index contributed by atoms with van der Waals surface area (Å²) in [5.41, 5.74) is 0. The Morgan fingerprint density at radius 3 is 1.60 bits per heavy atom. The third-order valence-corrected chi connectivity index (χ3v) is 0.825. The van der Waals surface area contributed by atoms with Gasteiger partial charge in [0.2, 0.25) is 0 Å². The van der Waals surface area contributed by atoms with E-state index in [9.17, 15) is 0 Å². The zero-order valence-electron chi connectivity index (χ0n) is 3.39. The fourth-order valence-electron chi connectivity index (χ4n) is 0.100. The minimum absolute atomic E-state index is 0.222. The third kappa shape index (κ3) is 4.31. The minimum atomic E-state index is -0.222. The SMILES string of the molecule is C[N]=[Ti]=[N]C. The zero-order valence-corrected chi connectivity index (χ0v) is 4.96. The van der Waals surface area contributed by atoms with E-state index in [2.05, 4.69) is 6.84 Å². The van der Waals surface area contributed by atoms with Gasteiger partial charge in [0.05, 0.1) is 0 Å². The van der Waals surface area contributed by atoms with E-state index in [1.165, 1.54) is 0 Å². The van der Waals surface area contributed by atoms with Crippen LogP contribution in [0.2, 0.25) is 0 Å². The Balaban J connectivity index is 3.26. The first-order chi connectivity index (χ1) is 2.41. The summed E-state index contributed by atoms with van der Waals surface area (Å²) in [5.74, 6) is 0. The van der Waals surface area contributed by atoms with Gasteiger partial charge >= 0.3 is 39.7 Å². The molecule has 28 valence electrons. The Kier molecular flexibility index (Phi) is 4.59. The van der Waals surface area contributed by atoms with Crippen LogP contribution in [0.15, 0.2) is 6.84 Å². The monoisotopic (exact) mass is 106 g/mol. The van der Waals surface area contributed by atoms with Crippen LogP contribution in [0.25, 0.3) is 0 Å². The molecule has 0 heterocycles. The number of nitrogens with zero attached hydrogens (tertiary/aromatic N) is 2. The Morgan fingerprint density at radius 1 is 1.20 bits per heavy atom. The van der Waals surface area contributed by atoms with Crippen LogP contribution in [0.1, 0.15) is 0 Å². The van der Waals surface area contributed by atoms with Crippen LogP contribution >= 0.6 is 0 Å². The Morgan fingerprint density at radius 2 is 1.60 bits per heavy atom. The van der Waals surface area contributed by atoms with Crippen molar-refractivity contribution in [3.05, 3.63) is 0 Å². The molecule has 0 aromatic heterocycles. The van der Waals surface area contributed by atoms with Crippen LogP contribution in [0, 0.1) is 0 Å². The van der Waals surface area contributed by atoms with Gasteiger partial charge in [0.1, 0.15) is 0 Å². The maximum atomic E-state index is 3.81. The first-order valence-corrected chi connectivity index (χ1v) is 2.74. The Labute approximate surface area is 40.2 Å². The number of hydrogen-bond acceptors (Lipinski definition) is 2. The molecular formula is C2H6N2Ti. The van der Waals surface area contributed by atoms with E-state index in [4.69, 9.17) is 0 Å². The van der Waals surface area contributed by atoms with Gasteiger partial charge in [-0.15, -0.1) is 0 Å². The van der Waals surface area contributed by atoms with E-state index >= 15 is 0 Å². The molecule has 0 fully saturated rings. The quantitative estimate of drug-likeness (QED) is 0.406. The average molecular weight is 106 g/mol. The molecule has 2 nitrogen and oxygen atoms in total. The van der Waals surface area contributed by atoms with Crippen molar-refractivity contribution >= 4 is 0 Å². The van der Waals surface area contributed by atoms with Gasteiger partial charge in [-0.2, -0.15) is 0 Å². The molecule has 0 saturated heterocycles. The predicted molar refractivity (Wildman–Crippen MR) is 16.7 cm³/mol. The molecule has 0 aliphatic heterocycles. The summed E-state index contributed by atoms with van der Waals surface area (Å²) < 4.78 is 7.62. The van der Waals surface area contributed by atoms with Crippen molar-refractivity contribution in [2.75, 3.05) is 14.1 Å². The molecule has 0 radical (unpaired) electrons. The molecule has 0 atom stereocenters. The molecule has 0 unspecified atom stereocenters. The summed E-state index contributed by atoms with van der Waals surface area (Å²) >= 11 is -0.222. The van der Waals surface area contributed by atoms with Crippen LogP contribution in [0.4, 0.5) is 0 Å². The van der Waals surface area contributed by atoms with Crippen LogP contribution in [0.3, 0.4) is 0 Å². The fourth-order valence-corrected chi connectivity index (χ4v) is 0.412. The third-order valence-electron chi connectivity index (χ3n) is 0.200. The molecule has 0 saturated carbocycles. The maximum absolute atomic E-state index is 3.81. The molecule has 3 heteroatoms. The van der Waals surface area contributed by atoms with Gasteiger partial charge in [0.25, 0.3) is 0 Å². The van der Waals surface area contributed by atoms with Gasteiger partial charge in [0.15, 0.2) is 0 Å². The molecule has 0 aliphatic carbocycles. The van der Waals surface area contributed by atoms with Gasteiger partial charge in [-0.25, -0.2) is 0 Å². The second kappa shape index (κ2) is 4.31. The summed E-state index contributed by atoms with van der Waals surface area (Å²) in [6.07, 6.45) is 0. The number of rotatable bonds is 0. The van der Waals surface area contributed by atoms with Gasteiger partial charge in [0, 0.05) is 0 Å². The Bertz CT molecular complexity index is 56.0. The van der Waals surface area contributed by atoms with Crippen LogP contribution in [0.5, 0.6) is 0 Å². The Hall–Kier alpha value is 0.314. The molecule has 0 spiro atoms. The van der Waals surface area contributed by atoms with Crippen molar-refractivity contribution < 1.29 is 18.8 Å². The van der Waals surface area contributed by atoms with Crippen molar-refractivity contribution in [2.45, 2.75) is 0 Å². The van der Waals surface area contributed by atoms with Gasteiger partial charge in [-0.3, -0.25) is 0 Å². The van der Waals surface area contributed by atoms with Crippen molar-refractivity contribution in [3.63, 3.8) is 0 Å². The number of hydrogen-bond donors (Lipinski definition) is 0. The molecule has 0 aromatic rings. The van der Waals surface area contributed by atoms with Crippen LogP contribution < -0.4 is 0 Å². The first kappa shape index (κ1) is 5.31. The van der Waals surface area contributed by atoms with E-state index in [1.807, 2.05) is 0 Å². The fraction of sp³-hybridized carbons (Fsp3) is 1.00. The molecular weight excluding hydrogens is 99.9 g/mol. The van der Waals surface area contributed by atoms with Crippen molar-refractivity contribution in [3.8, 4) is 0 Å². The molecule has 0 aliphatic rings. The molecule has 5 heavy (non-hydrogen) atoms. The van der Waals surface area contributed by atoms with Crippen LogP contribution in [-0.4, -0.2) is 14.1 Å². The predicted octanol–water partition coefficient (Wildman–Crippen LogP) is 0.696. The molecule has 0 N–H and O–H groups in total. The second-order valence-electron chi connectivity index (χ2n) is 0.547. The summed E-state index contributed by atoms with van der Waals surface area (Å²) in [7, 11) is 3.60. The van der Waals surface area contributed by atoms with E-state index in [0.717, 1.165) is 0 Å². The van der Waals surface area contributed by atoms with E-state index in [0.29, 0.717) is 0 Å². The zero-order chi connectivity index (χ0) is 4.12. The standard InChI is InChI=1S/2CH3N.Ti/c2*1-2;/h2*1H3;. The second-order valence-corrected chi connectivity index (χ2v) is 2.26. The van der Waals surface area contributed by atoms with Crippen LogP contribution in [-0.2, 0) is 18.8 Å². The molecule has 0 aromatic carbocycles. The molecule has 0 amide bonds. The van der Waals surface area contributed by atoms with Crippen molar-refractivity contribution in [1.82, 2.24) is 0 Å². The normalized spacial score (nSPS) is 5.20. The summed E-state index contributed by atoms with van der Waals surface area (Å²) in [6.45, 7) is 0. The average Bonchev–Trinajstić information content (AvgIpc) is 1.41. The molecule has 0 bridgehead atoms. The van der Waals surface area contributed by atoms with Gasteiger partial charge in [-0.05, 0) is 0 Å². The van der Waals surface area contributed by atoms with Crippen molar-refractivity contribution in [2.24, 2.45) is 6.84 Å². The summed E-state index contributed by atoms with van der Waals surface area (Å²) in [5, 5.41) is 0. The van der Waals surface area contributed by atoms with E-state index in [-0.39, 0.29) is 18.8 Å². The first-order valence-electron chi connectivity index (χ1n) is 1.34. The summed E-state index contributed by atoms with van der Waals surface area (Å²) in [4.78, 5) is 0. The topological polar surface area (TPSA) is 24.7 Å². The van der Waals surface area contributed by atoms with Gasteiger partial charge in [-0.1, -0.05) is 0 Å². The van der Waals surface area contributed by atoms with E-state index < -0.39 is 0 Å². The van der Waals surface area contributed by atoms with Gasteiger partial charge < -0.3 is 0 Å². The summed E-state index contributed by atoms with van der Waals surface area (Å²) in [6, 6.07) is 0. The van der Waals surface area contributed by atoms with Crippen molar-refractivity contribution in [1.29, 1.82) is 0 Å². The molecule has 0 rings (SSSR count). The van der Waals surface area contributed by atoms with E-state index in [1.54, 1.807) is 14.1 Å².